The highest BCUT2D eigenvalue weighted by Crippen LogP contribution is 2.35. The number of nitrogens with one attached hydrogen (secondary N) is 1. The standard InChI is InChI=1S/C23H23F2N6/c1-30-6-8-31(9-7-30)22-11-15(4-5-26-22)16-10-20-23(27-13-16)28-14-21(29-20)18-12-17(24)2-3-19(18)25/h2-5,10-13,21H,6-9,14H2,1H3,(H,27,28). The van der Waals surface area contributed by atoms with Crippen LogP contribution in [0.25, 0.3) is 11.1 Å². The van der Waals surface area contributed by atoms with Gasteiger partial charge in [-0.3, -0.25) is 5.32 Å². The lowest BCUT2D eigenvalue weighted by Gasteiger charge is -2.33. The first-order chi connectivity index (χ1) is 15.1. The number of fused-ring (bicyclic) bond motifs is 1. The van der Waals surface area contributed by atoms with E-state index in [4.69, 9.17) is 0 Å². The summed E-state index contributed by atoms with van der Waals surface area (Å²) in [6.07, 6.45) is 3.61. The van der Waals surface area contributed by atoms with Crippen LogP contribution >= 0.6 is 0 Å². The van der Waals surface area contributed by atoms with Gasteiger partial charge in [-0.05, 0) is 49.0 Å². The van der Waals surface area contributed by atoms with Crippen LogP contribution in [0.4, 0.5) is 26.1 Å². The van der Waals surface area contributed by atoms with E-state index in [1.54, 1.807) is 6.20 Å². The number of hydrogen-bond donors (Lipinski definition) is 1. The summed E-state index contributed by atoms with van der Waals surface area (Å²) in [5.41, 5.74) is 2.77. The van der Waals surface area contributed by atoms with Crippen LogP contribution in [0.1, 0.15) is 11.6 Å². The Morgan fingerprint density at radius 1 is 0.968 bits per heavy atom. The van der Waals surface area contributed by atoms with E-state index in [1.165, 1.54) is 6.07 Å². The smallest absolute Gasteiger partial charge is 0.151 e. The minimum absolute atomic E-state index is 0.241. The molecular formula is C23H23F2N6. The third-order valence-electron chi connectivity index (χ3n) is 5.85. The van der Waals surface area contributed by atoms with Crippen LogP contribution in [0, 0.1) is 11.6 Å². The summed E-state index contributed by atoms with van der Waals surface area (Å²) in [6, 6.07) is 8.89. The zero-order valence-corrected chi connectivity index (χ0v) is 17.2. The lowest BCUT2D eigenvalue weighted by molar-refractivity contribution is 0.312. The van der Waals surface area contributed by atoms with Crippen LogP contribution in [-0.4, -0.2) is 54.6 Å². The number of rotatable bonds is 3. The van der Waals surface area contributed by atoms with Crippen molar-refractivity contribution in [3.05, 3.63) is 66.0 Å². The normalized spacial score (nSPS) is 18.8. The van der Waals surface area contributed by atoms with Gasteiger partial charge in [-0.25, -0.2) is 18.7 Å². The van der Waals surface area contributed by atoms with Gasteiger partial charge in [0.1, 0.15) is 23.1 Å². The Balaban J connectivity index is 1.41. The number of pyridine rings is 2. The topological polar surface area (TPSA) is 58.4 Å². The molecule has 2 aliphatic heterocycles. The molecule has 0 amide bonds. The van der Waals surface area contributed by atoms with Crippen LogP contribution in [0.3, 0.4) is 0 Å². The van der Waals surface area contributed by atoms with Gasteiger partial charge in [0.05, 0.1) is 6.04 Å². The van der Waals surface area contributed by atoms with Gasteiger partial charge in [0.2, 0.25) is 0 Å². The van der Waals surface area contributed by atoms with Crippen LogP contribution in [0.15, 0.2) is 48.8 Å². The monoisotopic (exact) mass is 421 g/mol. The average Bonchev–Trinajstić information content (AvgIpc) is 2.80. The Morgan fingerprint density at radius 2 is 1.81 bits per heavy atom. The molecule has 5 rings (SSSR count). The van der Waals surface area contributed by atoms with E-state index in [1.807, 2.05) is 18.3 Å². The molecule has 1 saturated heterocycles. The molecule has 2 aliphatic rings. The van der Waals surface area contributed by atoms with E-state index in [0.29, 0.717) is 18.1 Å². The third kappa shape index (κ3) is 4.03. The number of piperazine rings is 1. The van der Waals surface area contributed by atoms with Crippen LogP contribution in [0.5, 0.6) is 0 Å². The van der Waals surface area contributed by atoms with Gasteiger partial charge < -0.3 is 15.1 Å². The number of anilines is 2. The summed E-state index contributed by atoms with van der Waals surface area (Å²) in [4.78, 5) is 13.6. The first kappa shape index (κ1) is 19.7. The second-order valence-electron chi connectivity index (χ2n) is 7.98. The molecule has 0 saturated carbocycles. The SMILES string of the molecule is CN1CCN(c2cc(-c3cnc4c(c3)[N]C(c3cc(F)ccc3F)CN4)ccn2)CC1. The predicted octanol–water partition coefficient (Wildman–Crippen LogP) is 3.58. The van der Waals surface area contributed by atoms with Gasteiger partial charge >= 0.3 is 0 Å². The molecule has 1 N–H and O–H groups in total. The van der Waals surface area contributed by atoms with Crippen molar-refractivity contribution in [3.63, 3.8) is 0 Å². The zero-order chi connectivity index (χ0) is 21.4. The van der Waals surface area contributed by atoms with Gasteiger partial charge in [0, 0.05) is 56.2 Å². The van der Waals surface area contributed by atoms with E-state index in [0.717, 1.165) is 55.3 Å². The summed E-state index contributed by atoms with van der Waals surface area (Å²) < 4.78 is 27.9. The summed E-state index contributed by atoms with van der Waals surface area (Å²) in [7, 11) is 2.13. The minimum Gasteiger partial charge on any atom is -0.366 e. The number of likely N-dealkylation sites (N-methyl/N-ethyl adjacent to an activating group) is 1. The number of benzene rings is 1. The Kier molecular flexibility index (Phi) is 5.15. The van der Waals surface area contributed by atoms with Crippen molar-refractivity contribution in [2.75, 3.05) is 50.0 Å². The number of nitrogens with zero attached hydrogens (tertiary/aromatic N) is 5. The van der Waals surface area contributed by atoms with Crippen molar-refractivity contribution >= 4 is 17.3 Å². The van der Waals surface area contributed by atoms with Crippen molar-refractivity contribution in [2.45, 2.75) is 6.04 Å². The van der Waals surface area contributed by atoms with Gasteiger partial charge in [0.25, 0.3) is 0 Å². The number of hydrogen-bond acceptors (Lipinski definition) is 5. The van der Waals surface area contributed by atoms with Crippen molar-refractivity contribution in [1.29, 1.82) is 0 Å². The van der Waals surface area contributed by atoms with E-state index in [2.05, 4.69) is 43.5 Å². The summed E-state index contributed by atoms with van der Waals surface area (Å²) in [6.45, 7) is 4.26. The van der Waals surface area contributed by atoms with Gasteiger partial charge in [-0.2, -0.15) is 0 Å². The number of halogens is 2. The molecule has 1 atom stereocenters. The lowest BCUT2D eigenvalue weighted by atomic mass is 10.0. The van der Waals surface area contributed by atoms with Crippen molar-refractivity contribution < 1.29 is 8.78 Å². The first-order valence-corrected chi connectivity index (χ1v) is 10.4. The molecule has 1 aromatic carbocycles. The van der Waals surface area contributed by atoms with Crippen LogP contribution < -0.4 is 15.5 Å². The van der Waals surface area contributed by atoms with Crippen molar-refractivity contribution in [1.82, 2.24) is 20.2 Å². The molecule has 0 aliphatic carbocycles. The van der Waals surface area contributed by atoms with E-state index < -0.39 is 17.7 Å². The van der Waals surface area contributed by atoms with Crippen molar-refractivity contribution in [2.24, 2.45) is 0 Å². The Morgan fingerprint density at radius 3 is 2.65 bits per heavy atom. The Bertz CT molecular complexity index is 1100. The minimum atomic E-state index is -0.515. The maximum Gasteiger partial charge on any atom is 0.151 e. The molecule has 159 valence electrons. The highest BCUT2D eigenvalue weighted by Gasteiger charge is 2.25. The molecule has 3 aromatic rings. The third-order valence-corrected chi connectivity index (χ3v) is 5.85. The molecule has 0 bridgehead atoms. The second kappa shape index (κ2) is 8.11. The summed E-state index contributed by atoms with van der Waals surface area (Å²) in [5, 5.41) is 7.85. The fraction of sp³-hybridized carbons (Fsp3) is 0.304. The van der Waals surface area contributed by atoms with E-state index in [-0.39, 0.29) is 5.56 Å². The highest BCUT2D eigenvalue weighted by atomic mass is 19.1. The maximum absolute atomic E-state index is 14.2. The first-order valence-electron chi connectivity index (χ1n) is 10.4. The Hall–Kier alpha value is -3.26. The molecule has 1 fully saturated rings. The molecule has 2 aromatic heterocycles. The molecule has 31 heavy (non-hydrogen) atoms. The highest BCUT2D eigenvalue weighted by molar-refractivity contribution is 5.74. The summed E-state index contributed by atoms with van der Waals surface area (Å²) in [5.74, 6) is 0.649. The van der Waals surface area contributed by atoms with E-state index in [9.17, 15) is 8.78 Å². The molecule has 6 nitrogen and oxygen atoms in total. The number of aromatic nitrogens is 2. The molecule has 4 heterocycles. The molecule has 1 unspecified atom stereocenters. The van der Waals surface area contributed by atoms with E-state index >= 15 is 0 Å². The molecule has 0 spiro atoms. The Labute approximate surface area is 179 Å². The largest absolute Gasteiger partial charge is 0.366 e. The average molecular weight is 421 g/mol. The lowest BCUT2D eigenvalue weighted by Crippen LogP contribution is -2.44. The molecular weight excluding hydrogens is 398 g/mol. The summed E-state index contributed by atoms with van der Waals surface area (Å²) >= 11 is 0. The quantitative estimate of drug-likeness (QED) is 0.701. The van der Waals surface area contributed by atoms with Crippen LogP contribution in [0.2, 0.25) is 0 Å². The van der Waals surface area contributed by atoms with Gasteiger partial charge in [0.15, 0.2) is 5.82 Å². The van der Waals surface area contributed by atoms with Gasteiger partial charge in [-0.15, -0.1) is 0 Å². The maximum atomic E-state index is 14.2. The fourth-order valence-electron chi connectivity index (χ4n) is 4.01. The fourth-order valence-corrected chi connectivity index (χ4v) is 4.01. The predicted molar refractivity (Wildman–Crippen MR) is 117 cm³/mol. The zero-order valence-electron chi connectivity index (χ0n) is 17.2. The van der Waals surface area contributed by atoms with Crippen molar-refractivity contribution in [3.8, 4) is 11.1 Å². The second-order valence-corrected chi connectivity index (χ2v) is 7.98. The van der Waals surface area contributed by atoms with Gasteiger partial charge in [-0.1, -0.05) is 0 Å². The molecule has 8 heteroatoms. The molecule has 1 radical (unpaired) electrons. The van der Waals surface area contributed by atoms with Crippen LogP contribution in [-0.2, 0) is 0 Å².